The third-order valence-electron chi connectivity index (χ3n) is 3.34. The van der Waals surface area contributed by atoms with E-state index >= 15 is 0 Å². The van der Waals surface area contributed by atoms with Crippen LogP contribution in [0.5, 0.6) is 0 Å². The van der Waals surface area contributed by atoms with Gasteiger partial charge in [-0.05, 0) is 6.07 Å². The third kappa shape index (κ3) is 3.47. The highest BCUT2D eigenvalue weighted by atomic mass is 16.5. The van der Waals surface area contributed by atoms with Crippen molar-refractivity contribution in [2.24, 2.45) is 0 Å². The van der Waals surface area contributed by atoms with Crippen LogP contribution in [0.4, 0.5) is 10.5 Å². The van der Waals surface area contributed by atoms with E-state index < -0.39 is 5.97 Å². The molecule has 1 aromatic heterocycles. The number of nitrogens with one attached hydrogen (secondary N) is 1. The first-order valence-electron chi connectivity index (χ1n) is 6.35. The Kier molecular flexibility index (Phi) is 4.71. The Morgan fingerprint density at radius 3 is 2.43 bits per heavy atom. The van der Waals surface area contributed by atoms with Gasteiger partial charge in [0.15, 0.2) is 0 Å². The number of pyridine rings is 1. The van der Waals surface area contributed by atoms with Crippen LogP contribution in [0, 0.1) is 0 Å². The van der Waals surface area contributed by atoms with Gasteiger partial charge in [-0.15, -0.1) is 0 Å². The minimum absolute atomic E-state index is 0.0127. The fourth-order valence-corrected chi connectivity index (χ4v) is 2.19. The van der Waals surface area contributed by atoms with Gasteiger partial charge in [0.1, 0.15) is 12.2 Å². The van der Waals surface area contributed by atoms with Crippen LogP contribution in [0.3, 0.4) is 0 Å². The predicted molar refractivity (Wildman–Crippen MR) is 73.4 cm³/mol. The number of rotatable bonds is 4. The van der Waals surface area contributed by atoms with Crippen LogP contribution >= 0.6 is 0 Å². The standard InChI is InChI=1S/C13H17N3O5/c1-20-10-6-16(7-11(10)21-2)13(19)15-9-3-8(12(17)18)4-14-5-9/h3-5,10-11H,6-7H2,1-2H3,(H,15,19)(H,17,18). The van der Waals surface area contributed by atoms with Crippen molar-refractivity contribution in [1.82, 2.24) is 9.88 Å². The normalized spacial score (nSPS) is 21.3. The quantitative estimate of drug-likeness (QED) is 0.846. The van der Waals surface area contributed by atoms with Gasteiger partial charge < -0.3 is 24.8 Å². The minimum Gasteiger partial charge on any atom is -0.478 e. The zero-order valence-electron chi connectivity index (χ0n) is 11.8. The average Bonchev–Trinajstić information content (AvgIpc) is 2.91. The number of carboxylic acid groups (broad SMARTS) is 1. The predicted octanol–water partition coefficient (Wildman–Crippen LogP) is 0.657. The maximum absolute atomic E-state index is 12.1. The summed E-state index contributed by atoms with van der Waals surface area (Å²) in [6.07, 6.45) is 2.26. The Labute approximate surface area is 121 Å². The number of carbonyl (C=O) groups is 2. The second-order valence-corrected chi connectivity index (χ2v) is 4.65. The number of aromatic carboxylic acids is 1. The maximum Gasteiger partial charge on any atom is 0.337 e. The summed E-state index contributed by atoms with van der Waals surface area (Å²) >= 11 is 0. The number of nitrogens with zero attached hydrogens (tertiary/aromatic N) is 2. The minimum atomic E-state index is -1.10. The topological polar surface area (TPSA) is 101 Å². The average molecular weight is 295 g/mol. The van der Waals surface area contributed by atoms with E-state index in [1.54, 1.807) is 19.1 Å². The molecule has 2 amide bonds. The number of ether oxygens (including phenoxy) is 2. The third-order valence-corrected chi connectivity index (χ3v) is 3.34. The number of methoxy groups -OCH3 is 2. The van der Waals surface area contributed by atoms with Crippen LogP contribution in [-0.4, -0.2) is 66.5 Å². The van der Waals surface area contributed by atoms with Crippen LogP contribution in [0.1, 0.15) is 10.4 Å². The number of aromatic nitrogens is 1. The Morgan fingerprint density at radius 1 is 1.29 bits per heavy atom. The molecule has 2 rings (SSSR count). The van der Waals surface area contributed by atoms with Crippen LogP contribution in [0.2, 0.25) is 0 Å². The molecule has 1 aromatic rings. The molecular weight excluding hydrogens is 278 g/mol. The zero-order valence-corrected chi connectivity index (χ0v) is 11.8. The van der Waals surface area contributed by atoms with Gasteiger partial charge in [-0.3, -0.25) is 4.98 Å². The van der Waals surface area contributed by atoms with E-state index in [9.17, 15) is 9.59 Å². The second kappa shape index (κ2) is 6.51. The summed E-state index contributed by atoms with van der Waals surface area (Å²) in [5.41, 5.74) is 0.341. The van der Waals surface area contributed by atoms with E-state index in [0.29, 0.717) is 18.8 Å². The van der Waals surface area contributed by atoms with Crippen molar-refractivity contribution < 1.29 is 24.2 Å². The summed E-state index contributed by atoms with van der Waals surface area (Å²) in [5, 5.41) is 11.5. The molecule has 0 bridgehead atoms. The lowest BCUT2D eigenvalue weighted by Gasteiger charge is -2.16. The van der Waals surface area contributed by atoms with E-state index in [-0.39, 0.29) is 23.8 Å². The van der Waals surface area contributed by atoms with Crippen molar-refractivity contribution in [1.29, 1.82) is 0 Å². The summed E-state index contributed by atoms with van der Waals surface area (Å²) in [4.78, 5) is 28.3. The highest BCUT2D eigenvalue weighted by Gasteiger charge is 2.35. The second-order valence-electron chi connectivity index (χ2n) is 4.65. The van der Waals surface area contributed by atoms with Gasteiger partial charge in [-0.2, -0.15) is 0 Å². The van der Waals surface area contributed by atoms with E-state index in [0.717, 1.165) is 0 Å². The molecule has 2 heterocycles. The molecule has 2 unspecified atom stereocenters. The molecule has 1 aliphatic heterocycles. The molecule has 0 radical (unpaired) electrons. The molecule has 21 heavy (non-hydrogen) atoms. The number of amides is 2. The van der Waals surface area contributed by atoms with E-state index in [1.807, 2.05) is 0 Å². The van der Waals surface area contributed by atoms with E-state index in [4.69, 9.17) is 14.6 Å². The Morgan fingerprint density at radius 2 is 1.90 bits per heavy atom. The largest absolute Gasteiger partial charge is 0.478 e. The van der Waals surface area contributed by atoms with E-state index in [2.05, 4.69) is 10.3 Å². The molecule has 2 atom stereocenters. The molecule has 8 heteroatoms. The summed E-state index contributed by atoms with van der Waals surface area (Å²) < 4.78 is 10.5. The van der Waals surface area contributed by atoms with Gasteiger partial charge in [0.25, 0.3) is 0 Å². The first-order valence-corrected chi connectivity index (χ1v) is 6.35. The number of hydrogen-bond acceptors (Lipinski definition) is 5. The van der Waals surface area contributed by atoms with Gasteiger partial charge in [0, 0.05) is 20.4 Å². The molecule has 1 aliphatic rings. The summed E-state index contributed by atoms with van der Waals surface area (Å²) in [7, 11) is 3.14. The highest BCUT2D eigenvalue weighted by Crippen LogP contribution is 2.17. The first kappa shape index (κ1) is 15.2. The van der Waals surface area contributed by atoms with Crippen molar-refractivity contribution in [2.45, 2.75) is 12.2 Å². The number of carbonyl (C=O) groups excluding carboxylic acids is 1. The fourth-order valence-electron chi connectivity index (χ4n) is 2.19. The van der Waals surface area contributed by atoms with Crippen LogP contribution in [0.15, 0.2) is 18.5 Å². The molecule has 0 spiro atoms. The van der Waals surface area contributed by atoms with E-state index in [1.165, 1.54) is 18.5 Å². The highest BCUT2D eigenvalue weighted by molar-refractivity contribution is 5.92. The molecular formula is C13H17N3O5. The van der Waals surface area contributed by atoms with Crippen LogP contribution in [0.25, 0.3) is 0 Å². The maximum atomic E-state index is 12.1. The number of likely N-dealkylation sites (tertiary alicyclic amines) is 1. The van der Waals surface area contributed by atoms with Gasteiger partial charge in [-0.25, -0.2) is 9.59 Å². The SMILES string of the molecule is COC1CN(C(=O)Nc2cncc(C(=O)O)c2)CC1OC. The van der Waals surface area contributed by atoms with Crippen molar-refractivity contribution in [2.75, 3.05) is 32.6 Å². The molecule has 0 aliphatic carbocycles. The van der Waals surface area contributed by atoms with Gasteiger partial charge in [0.2, 0.25) is 0 Å². The lowest BCUT2D eigenvalue weighted by atomic mass is 10.2. The Balaban J connectivity index is 2.02. The van der Waals surface area contributed by atoms with Crippen molar-refractivity contribution in [3.05, 3.63) is 24.0 Å². The molecule has 2 N–H and O–H groups in total. The van der Waals surface area contributed by atoms with Gasteiger partial charge in [-0.1, -0.05) is 0 Å². The molecule has 1 fully saturated rings. The summed E-state index contributed by atoms with van der Waals surface area (Å²) in [5.74, 6) is -1.10. The molecule has 0 aromatic carbocycles. The zero-order chi connectivity index (χ0) is 15.4. The number of urea groups is 1. The number of hydrogen-bond donors (Lipinski definition) is 2. The van der Waals surface area contributed by atoms with Crippen LogP contribution in [-0.2, 0) is 9.47 Å². The van der Waals surface area contributed by atoms with Gasteiger partial charge >= 0.3 is 12.0 Å². The summed E-state index contributed by atoms with van der Waals surface area (Å²) in [6.45, 7) is 0.819. The van der Waals surface area contributed by atoms with Gasteiger partial charge in [0.05, 0.1) is 30.5 Å². The lowest BCUT2D eigenvalue weighted by Crippen LogP contribution is -2.34. The number of anilines is 1. The van der Waals surface area contributed by atoms with Crippen LogP contribution < -0.4 is 5.32 Å². The Hall–Kier alpha value is -2.19. The first-order chi connectivity index (χ1) is 10.0. The molecule has 8 nitrogen and oxygen atoms in total. The monoisotopic (exact) mass is 295 g/mol. The van der Waals surface area contributed by atoms with Crippen molar-refractivity contribution in [3.8, 4) is 0 Å². The molecule has 0 saturated carbocycles. The summed E-state index contributed by atoms with van der Waals surface area (Å²) in [6, 6.07) is 1.01. The molecule has 114 valence electrons. The molecule has 1 saturated heterocycles. The number of carboxylic acids is 1. The Bertz CT molecular complexity index is 524. The fraction of sp³-hybridized carbons (Fsp3) is 0.462. The smallest absolute Gasteiger partial charge is 0.337 e. The van der Waals surface area contributed by atoms with Crippen molar-refractivity contribution in [3.63, 3.8) is 0 Å². The van der Waals surface area contributed by atoms with Crippen molar-refractivity contribution >= 4 is 17.7 Å². The lowest BCUT2D eigenvalue weighted by molar-refractivity contribution is -0.00461.